The van der Waals surface area contributed by atoms with Crippen LogP contribution in [-0.4, -0.2) is 25.4 Å². The van der Waals surface area contributed by atoms with Crippen LogP contribution in [0, 0.1) is 13.8 Å². The molecule has 0 amide bonds. The number of hydrogen-bond donors (Lipinski definition) is 0. The Bertz CT molecular complexity index is 9060. The fourth-order valence-electron chi connectivity index (χ4n) is 22.1. The lowest BCUT2D eigenvalue weighted by Crippen LogP contribution is -2.10. The summed E-state index contributed by atoms with van der Waals surface area (Å²) in [6.45, 7) is 11.2. The van der Waals surface area contributed by atoms with Crippen molar-refractivity contribution in [2.24, 2.45) is 0 Å². The molecule has 0 N–H and O–H groups in total. The first-order valence-electron chi connectivity index (χ1n) is 47.2. The molecule has 4 aromatic heterocycles. The van der Waals surface area contributed by atoms with Gasteiger partial charge in [-0.1, -0.05) is 359 Å². The van der Waals surface area contributed by atoms with Crippen molar-refractivity contribution < 1.29 is 4.74 Å². The molecule has 4 heterocycles. The van der Waals surface area contributed by atoms with Crippen molar-refractivity contribution in [1.82, 2.24) is 18.3 Å². The predicted octanol–water partition coefficient (Wildman–Crippen LogP) is 35.8. The third kappa shape index (κ3) is 13.5. The number of aromatic nitrogens is 4. The van der Waals surface area contributed by atoms with E-state index in [0.29, 0.717) is 0 Å². The molecular formula is C131H94N4O. The molecule has 0 saturated carbocycles. The molecule has 0 aliphatic heterocycles. The lowest BCUT2D eigenvalue weighted by atomic mass is 9.81. The van der Waals surface area contributed by atoms with E-state index in [4.69, 9.17) is 4.74 Å². The van der Waals surface area contributed by atoms with E-state index >= 15 is 0 Å². The zero-order chi connectivity index (χ0) is 91.0. The monoisotopic (exact) mass is 1740 g/mol. The standard InChI is InChI=1S/C50H32N2.C47H37NO.C34H25N/c1-2-16-33(17-3-1)49-41-22-4-6-24-43(41)50(44-25-7-5-23-42(44)49)34-30-35(51-45-26-12-8-18-37(45)38-19-9-13-27-46(38)51)32-36(31-34)52-47-28-14-10-20-39(47)40-21-11-15-29-48(40)52;1-47(2,3)34-22-26-41-42(29-34)46(33-18-17-32-28-36(49-4)25-21-31(32)27-33)40-14-6-5-13-39(40)45(41)30-19-23-35(24-20-30)48-43-15-9-7-11-37(43)38-12-8-10-16-44(38)48;1-22-11-17-32-30(19-22)31-20-23(2)12-18-33(31)35(32)27-15-13-24(14-16-27)34-28-9-5-3-7-25(28)21-26-8-4-6-10-29(26)34/h1-32H;5-29H,1-4H3;3-21H,1-2H3. The molecule has 0 saturated heterocycles. The van der Waals surface area contributed by atoms with E-state index in [1.807, 2.05) is 6.07 Å². The topological polar surface area (TPSA) is 28.9 Å². The van der Waals surface area contributed by atoms with Crippen LogP contribution in [0.3, 0.4) is 0 Å². The number of methoxy groups -OCH3 is 1. The Kier molecular flexibility index (Phi) is 19.5. The van der Waals surface area contributed by atoms with Gasteiger partial charge in [0.15, 0.2) is 0 Å². The summed E-state index contributed by atoms with van der Waals surface area (Å²) < 4.78 is 15.2. The van der Waals surface area contributed by atoms with E-state index < -0.39 is 0 Å². The van der Waals surface area contributed by atoms with Crippen LogP contribution in [-0.2, 0) is 5.41 Å². The molecule has 23 aromatic carbocycles. The molecule has 0 atom stereocenters. The van der Waals surface area contributed by atoms with Crippen LogP contribution in [0.4, 0.5) is 0 Å². The van der Waals surface area contributed by atoms with Crippen molar-refractivity contribution in [2.45, 2.75) is 40.0 Å². The number of ether oxygens (including phenoxy) is 1. The molecule has 0 aliphatic carbocycles. The molecule has 0 aliphatic rings. The van der Waals surface area contributed by atoms with Crippen molar-refractivity contribution in [1.29, 1.82) is 0 Å². The van der Waals surface area contributed by atoms with Gasteiger partial charge in [0.2, 0.25) is 0 Å². The maximum atomic E-state index is 5.52. The number of para-hydroxylation sites is 6. The van der Waals surface area contributed by atoms with Gasteiger partial charge in [-0.15, -0.1) is 0 Å². The van der Waals surface area contributed by atoms with Gasteiger partial charge < -0.3 is 23.0 Å². The van der Waals surface area contributed by atoms with Gasteiger partial charge in [-0.05, 0) is 289 Å². The Hall–Kier alpha value is -17.1. The van der Waals surface area contributed by atoms with Crippen LogP contribution in [0.15, 0.2) is 461 Å². The van der Waals surface area contributed by atoms with Gasteiger partial charge in [-0.3, -0.25) is 0 Å². The van der Waals surface area contributed by atoms with Gasteiger partial charge in [-0.2, -0.15) is 0 Å². The maximum Gasteiger partial charge on any atom is 0.119 e. The second-order valence-electron chi connectivity index (χ2n) is 37.5. The summed E-state index contributed by atoms with van der Waals surface area (Å²) in [6.07, 6.45) is 0. The molecule has 0 spiro atoms. The fraction of sp³-hybridized carbons (Fsp3) is 0.0534. The molecule has 5 nitrogen and oxygen atoms in total. The Balaban J connectivity index is 0.000000111. The highest BCUT2D eigenvalue weighted by Crippen LogP contribution is 2.50. The van der Waals surface area contributed by atoms with Crippen LogP contribution < -0.4 is 4.74 Å². The molecule has 0 unspecified atom stereocenters. The van der Waals surface area contributed by atoms with Crippen molar-refractivity contribution in [3.05, 3.63) is 478 Å². The molecule has 136 heavy (non-hydrogen) atoms. The summed E-state index contributed by atoms with van der Waals surface area (Å²) in [7, 11) is 1.72. The number of hydrogen-bond acceptors (Lipinski definition) is 1. The van der Waals surface area contributed by atoms with E-state index in [1.165, 1.54) is 241 Å². The van der Waals surface area contributed by atoms with Crippen molar-refractivity contribution in [3.8, 4) is 84.1 Å². The van der Waals surface area contributed by atoms with Gasteiger partial charge in [-0.25, -0.2) is 0 Å². The maximum absolute atomic E-state index is 5.52. The molecular weight excluding hydrogens is 1650 g/mol. The zero-order valence-corrected chi connectivity index (χ0v) is 76.6. The van der Waals surface area contributed by atoms with Gasteiger partial charge in [0.1, 0.15) is 5.75 Å². The third-order valence-electron chi connectivity index (χ3n) is 28.3. The highest BCUT2D eigenvalue weighted by molar-refractivity contribution is 6.25. The normalized spacial score (nSPS) is 11.9. The van der Waals surface area contributed by atoms with Crippen LogP contribution >= 0.6 is 0 Å². The van der Waals surface area contributed by atoms with Gasteiger partial charge in [0.05, 0.1) is 51.2 Å². The Morgan fingerprint density at radius 2 is 0.478 bits per heavy atom. The average molecular weight is 1740 g/mol. The van der Waals surface area contributed by atoms with Crippen LogP contribution in [0.1, 0.15) is 37.5 Å². The van der Waals surface area contributed by atoms with Gasteiger partial charge >= 0.3 is 0 Å². The van der Waals surface area contributed by atoms with Crippen molar-refractivity contribution in [3.63, 3.8) is 0 Å². The summed E-state index contributed by atoms with van der Waals surface area (Å²) >= 11 is 0. The minimum Gasteiger partial charge on any atom is -0.497 e. The van der Waals surface area contributed by atoms with Crippen LogP contribution in [0.2, 0.25) is 0 Å². The summed E-state index contributed by atoms with van der Waals surface area (Å²) in [5.41, 5.74) is 30.7. The summed E-state index contributed by atoms with van der Waals surface area (Å²) in [6, 6.07) is 169. The van der Waals surface area contributed by atoms with E-state index in [0.717, 1.165) is 22.8 Å². The number of fused-ring (bicyclic) bond motifs is 19. The molecule has 27 aromatic rings. The van der Waals surface area contributed by atoms with E-state index in [1.54, 1.807) is 7.11 Å². The Labute approximate surface area is 789 Å². The molecule has 644 valence electrons. The molecule has 0 radical (unpaired) electrons. The second kappa shape index (κ2) is 32.7. The van der Waals surface area contributed by atoms with Crippen molar-refractivity contribution >= 4 is 163 Å². The largest absolute Gasteiger partial charge is 0.497 e. The number of aryl methyl sites for hydroxylation is 2. The summed E-state index contributed by atoms with van der Waals surface area (Å²) in [5.74, 6) is 0.875. The minimum absolute atomic E-state index is 0.0150. The van der Waals surface area contributed by atoms with Gasteiger partial charge in [0.25, 0.3) is 0 Å². The summed E-state index contributed by atoms with van der Waals surface area (Å²) in [5, 5.41) is 27.8. The average Bonchev–Trinajstić information content (AvgIpc) is 1.67. The Morgan fingerprint density at radius 3 is 0.875 bits per heavy atom. The molecule has 5 heteroatoms. The Morgan fingerprint density at radius 1 is 0.176 bits per heavy atom. The number of nitrogens with zero attached hydrogens (tertiary/aromatic N) is 4. The lowest BCUT2D eigenvalue weighted by molar-refractivity contribution is 0.415. The quantitative estimate of drug-likeness (QED) is 0.125. The van der Waals surface area contributed by atoms with E-state index in [-0.39, 0.29) is 5.41 Å². The zero-order valence-electron chi connectivity index (χ0n) is 76.6. The minimum atomic E-state index is 0.0150. The van der Waals surface area contributed by atoms with Crippen LogP contribution in [0.25, 0.3) is 241 Å². The van der Waals surface area contributed by atoms with E-state index in [9.17, 15) is 0 Å². The smallest absolute Gasteiger partial charge is 0.119 e. The number of benzene rings is 23. The highest BCUT2D eigenvalue weighted by atomic mass is 16.5. The number of rotatable bonds is 10. The fourth-order valence-corrected chi connectivity index (χ4v) is 22.1. The molecule has 0 bridgehead atoms. The first kappa shape index (κ1) is 80.9. The SMILES string of the molecule is COc1ccc2cc(-c3c4ccccc4c(-c4ccc(-n5c6ccccc6c6ccccc65)cc4)c4ccc(C(C)(C)C)cc34)ccc2c1.Cc1ccc2c(c1)c1cc(C)ccc1n2-c1ccc(-c2c3ccccc3cc3ccccc23)cc1.c1ccc(-c2c3ccccc3c(-c3cc(-n4c5ccccc5c5ccccc54)cc(-n4c5ccccc5c5ccccc54)c3)c3ccccc23)cc1. The second-order valence-corrected chi connectivity index (χ2v) is 37.5. The van der Waals surface area contributed by atoms with E-state index in [2.05, 4.69) is 508 Å². The summed E-state index contributed by atoms with van der Waals surface area (Å²) in [4.78, 5) is 0. The van der Waals surface area contributed by atoms with Gasteiger partial charge in [0, 0.05) is 65.8 Å². The van der Waals surface area contributed by atoms with Crippen LogP contribution in [0.5, 0.6) is 5.75 Å². The lowest BCUT2D eigenvalue weighted by Gasteiger charge is -2.23. The third-order valence-corrected chi connectivity index (χ3v) is 28.3. The highest BCUT2D eigenvalue weighted by Gasteiger charge is 2.26. The molecule has 0 fully saturated rings. The predicted molar refractivity (Wildman–Crippen MR) is 581 cm³/mol. The first-order valence-corrected chi connectivity index (χ1v) is 47.2. The van der Waals surface area contributed by atoms with Crippen molar-refractivity contribution in [2.75, 3.05) is 7.11 Å². The first-order chi connectivity index (χ1) is 66.9. The molecule has 27 rings (SSSR count).